The molecule has 0 aliphatic carbocycles. The fourth-order valence-electron chi connectivity index (χ4n) is 2.87. The molecule has 1 fully saturated rings. The third kappa shape index (κ3) is 5.45. The number of rotatable bonds is 8. The Morgan fingerprint density at radius 3 is 2.55 bits per heavy atom. The van der Waals surface area contributed by atoms with Gasteiger partial charge in [0.1, 0.15) is 5.75 Å². The largest absolute Gasteiger partial charge is 0.494 e. The molecule has 0 unspecified atom stereocenters. The van der Waals surface area contributed by atoms with Crippen LogP contribution in [-0.4, -0.2) is 36.9 Å². The summed E-state index contributed by atoms with van der Waals surface area (Å²) in [5.41, 5.74) is 0.789. The first-order valence-corrected chi connectivity index (χ1v) is 8.67. The number of Topliss-reactive ketones (excluding diaryl/α,β-unsaturated/α-hetero) is 1. The maximum atomic E-state index is 11.8. The highest BCUT2D eigenvalue weighted by atomic mass is 16.5. The highest BCUT2D eigenvalue weighted by molar-refractivity contribution is 5.96. The van der Waals surface area contributed by atoms with Crippen molar-refractivity contribution in [2.45, 2.75) is 46.0 Å². The van der Waals surface area contributed by atoms with Gasteiger partial charge in [0, 0.05) is 18.5 Å². The molecular formula is C19H29NO2. The number of ether oxygens (including phenoxy) is 1. The van der Waals surface area contributed by atoms with Gasteiger partial charge < -0.3 is 9.64 Å². The summed E-state index contributed by atoms with van der Waals surface area (Å²) in [5.74, 6) is 1.97. The molecule has 0 atom stereocenters. The Morgan fingerprint density at radius 2 is 1.91 bits per heavy atom. The van der Waals surface area contributed by atoms with Crippen molar-refractivity contribution in [3.05, 3.63) is 29.8 Å². The topological polar surface area (TPSA) is 29.5 Å². The molecule has 0 radical (unpaired) electrons. The number of piperidine rings is 1. The Balaban J connectivity index is 1.65. The van der Waals surface area contributed by atoms with E-state index in [1.54, 1.807) is 0 Å². The van der Waals surface area contributed by atoms with Crippen LogP contribution in [0.5, 0.6) is 5.75 Å². The van der Waals surface area contributed by atoms with E-state index in [2.05, 4.69) is 11.8 Å². The van der Waals surface area contributed by atoms with Gasteiger partial charge in [-0.25, -0.2) is 0 Å². The summed E-state index contributed by atoms with van der Waals surface area (Å²) in [6.45, 7) is 8.70. The molecule has 2 rings (SSSR count). The lowest BCUT2D eigenvalue weighted by Crippen LogP contribution is -2.34. The summed E-state index contributed by atoms with van der Waals surface area (Å²) in [6, 6.07) is 7.57. The number of benzene rings is 1. The van der Waals surface area contributed by atoms with Gasteiger partial charge in [0.25, 0.3) is 0 Å². The van der Waals surface area contributed by atoms with Crippen molar-refractivity contribution >= 4 is 5.78 Å². The van der Waals surface area contributed by atoms with E-state index in [4.69, 9.17) is 4.74 Å². The van der Waals surface area contributed by atoms with Crippen LogP contribution in [0.1, 0.15) is 56.3 Å². The monoisotopic (exact) mass is 303 g/mol. The molecule has 1 aromatic carbocycles. The van der Waals surface area contributed by atoms with Crippen LogP contribution >= 0.6 is 0 Å². The molecule has 122 valence electrons. The number of carbonyl (C=O) groups is 1. The van der Waals surface area contributed by atoms with Crippen LogP contribution in [-0.2, 0) is 0 Å². The van der Waals surface area contributed by atoms with Crippen LogP contribution in [0.3, 0.4) is 0 Å². The molecule has 1 aromatic rings. The highest BCUT2D eigenvalue weighted by Crippen LogP contribution is 2.17. The number of ketones is 1. The summed E-state index contributed by atoms with van der Waals surface area (Å²) in [7, 11) is 0. The summed E-state index contributed by atoms with van der Waals surface area (Å²) < 4.78 is 5.77. The fourth-order valence-corrected chi connectivity index (χ4v) is 2.87. The van der Waals surface area contributed by atoms with Crippen molar-refractivity contribution in [3.8, 4) is 5.75 Å². The van der Waals surface area contributed by atoms with Crippen molar-refractivity contribution in [3.63, 3.8) is 0 Å². The predicted octanol–water partition coefficient (Wildman–Crippen LogP) is 4.17. The van der Waals surface area contributed by atoms with E-state index in [0.717, 1.165) is 43.2 Å². The van der Waals surface area contributed by atoms with E-state index in [9.17, 15) is 4.79 Å². The first-order valence-electron chi connectivity index (χ1n) is 8.67. The van der Waals surface area contributed by atoms with Gasteiger partial charge in [0.2, 0.25) is 0 Å². The minimum Gasteiger partial charge on any atom is -0.494 e. The van der Waals surface area contributed by atoms with Crippen LogP contribution in [0, 0.1) is 5.92 Å². The van der Waals surface area contributed by atoms with Gasteiger partial charge in [-0.3, -0.25) is 4.79 Å². The minimum atomic E-state index is 0.216. The Labute approximate surface area is 134 Å². The van der Waals surface area contributed by atoms with Crippen LogP contribution in [0.25, 0.3) is 0 Å². The fraction of sp³-hybridized carbons (Fsp3) is 0.632. The van der Waals surface area contributed by atoms with Crippen LogP contribution < -0.4 is 4.74 Å². The molecule has 3 heteroatoms. The molecular weight excluding hydrogens is 274 g/mol. The zero-order valence-corrected chi connectivity index (χ0v) is 14.0. The molecule has 0 saturated carbocycles. The van der Waals surface area contributed by atoms with Crippen LogP contribution in [0.2, 0.25) is 0 Å². The molecule has 1 aliphatic rings. The molecule has 0 aromatic heterocycles. The van der Waals surface area contributed by atoms with Gasteiger partial charge in [0.15, 0.2) is 5.78 Å². The first-order chi connectivity index (χ1) is 10.7. The average molecular weight is 303 g/mol. The van der Waals surface area contributed by atoms with E-state index in [1.807, 2.05) is 31.2 Å². The molecule has 0 bridgehead atoms. The summed E-state index contributed by atoms with van der Waals surface area (Å²) in [5, 5.41) is 0. The van der Waals surface area contributed by atoms with Crippen molar-refractivity contribution < 1.29 is 9.53 Å². The SMILES string of the molecule is CCCC(=O)c1ccc(OCCCN2CCC(C)CC2)cc1. The maximum Gasteiger partial charge on any atom is 0.162 e. The normalized spacial score (nSPS) is 16.6. The summed E-state index contributed by atoms with van der Waals surface area (Å²) in [6.07, 6.45) is 5.23. The van der Waals surface area contributed by atoms with E-state index < -0.39 is 0 Å². The van der Waals surface area contributed by atoms with Gasteiger partial charge in [-0.15, -0.1) is 0 Å². The Bertz CT molecular complexity index is 447. The van der Waals surface area contributed by atoms with Gasteiger partial charge in [0.05, 0.1) is 6.61 Å². The second-order valence-electron chi connectivity index (χ2n) is 6.42. The Hall–Kier alpha value is -1.35. The molecule has 1 aliphatic heterocycles. The number of hydrogen-bond donors (Lipinski definition) is 0. The van der Waals surface area contributed by atoms with E-state index in [-0.39, 0.29) is 5.78 Å². The van der Waals surface area contributed by atoms with Crippen molar-refractivity contribution in [2.24, 2.45) is 5.92 Å². The average Bonchev–Trinajstić information content (AvgIpc) is 2.54. The van der Waals surface area contributed by atoms with E-state index >= 15 is 0 Å². The van der Waals surface area contributed by atoms with Gasteiger partial charge in [-0.1, -0.05) is 13.8 Å². The third-order valence-electron chi connectivity index (χ3n) is 4.42. The maximum absolute atomic E-state index is 11.8. The lowest BCUT2D eigenvalue weighted by Gasteiger charge is -2.30. The lowest BCUT2D eigenvalue weighted by atomic mass is 9.99. The number of hydrogen-bond acceptors (Lipinski definition) is 3. The van der Waals surface area contributed by atoms with Crippen LogP contribution in [0.15, 0.2) is 24.3 Å². The van der Waals surface area contributed by atoms with Crippen molar-refractivity contribution in [1.29, 1.82) is 0 Å². The quantitative estimate of drug-likeness (QED) is 0.533. The van der Waals surface area contributed by atoms with Gasteiger partial charge in [-0.2, -0.15) is 0 Å². The molecule has 1 heterocycles. The molecule has 0 spiro atoms. The zero-order chi connectivity index (χ0) is 15.8. The Kier molecular flexibility index (Phi) is 6.91. The second kappa shape index (κ2) is 8.94. The predicted molar refractivity (Wildman–Crippen MR) is 90.6 cm³/mol. The van der Waals surface area contributed by atoms with Crippen LogP contribution in [0.4, 0.5) is 0 Å². The van der Waals surface area contributed by atoms with Gasteiger partial charge in [-0.05, 0) is 69.0 Å². The first kappa shape index (κ1) is 17.0. The second-order valence-corrected chi connectivity index (χ2v) is 6.42. The number of likely N-dealkylation sites (tertiary alicyclic amines) is 1. The Morgan fingerprint density at radius 1 is 1.23 bits per heavy atom. The molecule has 0 N–H and O–H groups in total. The number of nitrogens with zero attached hydrogens (tertiary/aromatic N) is 1. The molecule has 3 nitrogen and oxygen atoms in total. The standard InChI is InChI=1S/C19H29NO2/c1-3-5-19(21)17-6-8-18(9-7-17)22-15-4-12-20-13-10-16(2)11-14-20/h6-9,16H,3-5,10-15H2,1-2H3. The third-order valence-corrected chi connectivity index (χ3v) is 4.42. The summed E-state index contributed by atoms with van der Waals surface area (Å²) >= 11 is 0. The summed E-state index contributed by atoms with van der Waals surface area (Å²) in [4.78, 5) is 14.3. The van der Waals surface area contributed by atoms with Crippen molar-refractivity contribution in [2.75, 3.05) is 26.2 Å². The van der Waals surface area contributed by atoms with Crippen molar-refractivity contribution in [1.82, 2.24) is 4.90 Å². The van der Waals surface area contributed by atoms with E-state index in [0.29, 0.717) is 6.42 Å². The molecule has 0 amide bonds. The smallest absolute Gasteiger partial charge is 0.162 e. The molecule has 22 heavy (non-hydrogen) atoms. The number of carbonyl (C=O) groups excluding carboxylic acids is 1. The zero-order valence-electron chi connectivity index (χ0n) is 14.0. The minimum absolute atomic E-state index is 0.216. The van der Waals surface area contributed by atoms with Gasteiger partial charge >= 0.3 is 0 Å². The molecule has 1 saturated heterocycles. The lowest BCUT2D eigenvalue weighted by molar-refractivity contribution is 0.0981. The highest BCUT2D eigenvalue weighted by Gasteiger charge is 2.14. The van der Waals surface area contributed by atoms with E-state index in [1.165, 1.54) is 25.9 Å².